The molecule has 3 saturated heterocycles. The Balaban J connectivity index is 1.26. The van der Waals surface area contributed by atoms with E-state index in [1.165, 1.54) is 5.69 Å². The molecule has 2 N–H and O–H groups in total. The molecule has 0 bridgehead atoms. The van der Waals surface area contributed by atoms with Gasteiger partial charge >= 0.3 is 6.09 Å². The maximum atomic E-state index is 12.1. The summed E-state index contributed by atoms with van der Waals surface area (Å²) in [5.74, 6) is 1.45. The molecule has 1 aromatic carbocycles. The lowest BCUT2D eigenvalue weighted by atomic mass is 10.0. The third-order valence-electron chi connectivity index (χ3n) is 5.80. The van der Waals surface area contributed by atoms with Crippen molar-refractivity contribution >= 4 is 17.5 Å². The van der Waals surface area contributed by atoms with Crippen molar-refractivity contribution in [1.82, 2.24) is 9.80 Å². The van der Waals surface area contributed by atoms with Crippen LogP contribution >= 0.6 is 0 Å². The van der Waals surface area contributed by atoms with Gasteiger partial charge in [-0.3, -0.25) is 4.90 Å². The summed E-state index contributed by atoms with van der Waals surface area (Å²) in [6, 6.07) is 8.71. The van der Waals surface area contributed by atoms with Gasteiger partial charge in [0.2, 0.25) is 0 Å². The van der Waals surface area contributed by atoms with E-state index in [4.69, 9.17) is 10.5 Å². The molecule has 0 spiro atoms. The van der Waals surface area contributed by atoms with Gasteiger partial charge in [0.05, 0.1) is 0 Å². The van der Waals surface area contributed by atoms with Crippen molar-refractivity contribution < 1.29 is 9.53 Å². The zero-order chi connectivity index (χ0) is 18.5. The fourth-order valence-corrected chi connectivity index (χ4v) is 4.39. The maximum absolute atomic E-state index is 12.1. The Morgan fingerprint density at radius 3 is 2.12 bits per heavy atom. The van der Waals surface area contributed by atoms with Crippen molar-refractivity contribution in [2.75, 3.05) is 49.9 Å². The predicted octanol–water partition coefficient (Wildman–Crippen LogP) is 2.26. The Bertz CT molecular complexity index is 649. The quantitative estimate of drug-likeness (QED) is 0.822. The molecule has 3 aliphatic heterocycles. The summed E-state index contributed by atoms with van der Waals surface area (Å²) in [7, 11) is 0. The molecule has 142 valence electrons. The van der Waals surface area contributed by atoms with Crippen LogP contribution in [0.3, 0.4) is 0 Å². The minimum absolute atomic E-state index is 0.178. The van der Waals surface area contributed by atoms with Gasteiger partial charge in [-0.1, -0.05) is 0 Å². The van der Waals surface area contributed by atoms with Crippen LogP contribution in [0.2, 0.25) is 0 Å². The summed E-state index contributed by atoms with van der Waals surface area (Å²) >= 11 is 0. The largest absolute Gasteiger partial charge is 0.444 e. The van der Waals surface area contributed by atoms with Gasteiger partial charge in [-0.25, -0.2) is 4.79 Å². The van der Waals surface area contributed by atoms with E-state index in [9.17, 15) is 4.79 Å². The van der Waals surface area contributed by atoms with Gasteiger partial charge in [0.15, 0.2) is 0 Å². The van der Waals surface area contributed by atoms with Crippen LogP contribution in [-0.4, -0.2) is 66.8 Å². The molecule has 3 heterocycles. The number of carbonyl (C=O) groups is 1. The number of hydrogen-bond donors (Lipinski definition) is 1. The second-order valence-corrected chi connectivity index (χ2v) is 9.01. The van der Waals surface area contributed by atoms with Gasteiger partial charge in [-0.2, -0.15) is 0 Å². The van der Waals surface area contributed by atoms with E-state index in [0.717, 1.165) is 56.8 Å². The molecule has 4 rings (SSSR count). The number of nitrogens with two attached hydrogens (primary N) is 1. The van der Waals surface area contributed by atoms with Gasteiger partial charge in [0.1, 0.15) is 5.60 Å². The third kappa shape index (κ3) is 3.47. The van der Waals surface area contributed by atoms with Crippen LogP contribution in [0.1, 0.15) is 20.8 Å². The molecule has 0 aromatic heterocycles. The summed E-state index contributed by atoms with van der Waals surface area (Å²) in [6.07, 6.45) is -0.178. The fourth-order valence-electron chi connectivity index (χ4n) is 4.39. The van der Waals surface area contributed by atoms with Gasteiger partial charge < -0.3 is 20.3 Å². The number of likely N-dealkylation sites (tertiary alicyclic amines) is 2. The Morgan fingerprint density at radius 1 is 1.00 bits per heavy atom. The number of fused-ring (bicyclic) bond motifs is 1. The third-order valence-corrected chi connectivity index (χ3v) is 5.80. The van der Waals surface area contributed by atoms with Crippen molar-refractivity contribution in [3.05, 3.63) is 24.3 Å². The first-order valence-corrected chi connectivity index (χ1v) is 9.61. The topological polar surface area (TPSA) is 62.0 Å². The summed E-state index contributed by atoms with van der Waals surface area (Å²) < 4.78 is 5.45. The van der Waals surface area contributed by atoms with Crippen LogP contribution in [0, 0.1) is 11.8 Å². The average Bonchev–Trinajstić information content (AvgIpc) is 3.03. The smallest absolute Gasteiger partial charge is 0.410 e. The lowest BCUT2D eigenvalue weighted by Crippen LogP contribution is -2.61. The van der Waals surface area contributed by atoms with E-state index in [2.05, 4.69) is 21.9 Å². The van der Waals surface area contributed by atoms with E-state index in [-0.39, 0.29) is 6.09 Å². The lowest BCUT2D eigenvalue weighted by Gasteiger charge is -2.44. The highest BCUT2D eigenvalue weighted by Gasteiger charge is 2.45. The number of carbonyl (C=O) groups excluding carboxylic acids is 1. The van der Waals surface area contributed by atoms with Crippen molar-refractivity contribution in [2.24, 2.45) is 11.8 Å². The molecule has 0 saturated carbocycles. The summed E-state index contributed by atoms with van der Waals surface area (Å²) in [5, 5.41) is 0. The highest BCUT2D eigenvalue weighted by molar-refractivity contribution is 5.69. The Kier molecular flexibility index (Phi) is 4.26. The number of anilines is 2. The Hall–Kier alpha value is -1.95. The molecule has 26 heavy (non-hydrogen) atoms. The molecular formula is C20H30N4O2. The molecule has 2 atom stereocenters. The normalized spacial score (nSPS) is 26.7. The minimum Gasteiger partial charge on any atom is -0.444 e. The number of rotatable bonds is 2. The van der Waals surface area contributed by atoms with Gasteiger partial charge in [-0.15, -0.1) is 0 Å². The van der Waals surface area contributed by atoms with Crippen molar-refractivity contribution in [3.8, 4) is 0 Å². The van der Waals surface area contributed by atoms with Gasteiger partial charge in [0, 0.05) is 56.7 Å². The zero-order valence-electron chi connectivity index (χ0n) is 16.0. The molecular weight excluding hydrogens is 328 g/mol. The number of hydrogen-bond acceptors (Lipinski definition) is 5. The second-order valence-electron chi connectivity index (χ2n) is 9.01. The molecule has 3 aliphatic rings. The van der Waals surface area contributed by atoms with E-state index in [1.807, 2.05) is 37.8 Å². The SMILES string of the molecule is CC(C)(C)OC(=O)N1CC(N2C[C@H]3CN(c4ccc(N)cc4)C[C@H]3C2)C1. The first-order chi connectivity index (χ1) is 12.3. The van der Waals surface area contributed by atoms with Gasteiger partial charge in [0.25, 0.3) is 0 Å². The summed E-state index contributed by atoms with van der Waals surface area (Å²) in [4.78, 5) is 19.0. The fraction of sp³-hybridized carbons (Fsp3) is 0.650. The monoisotopic (exact) mass is 358 g/mol. The Labute approximate surface area is 155 Å². The number of benzene rings is 1. The minimum atomic E-state index is -0.418. The summed E-state index contributed by atoms with van der Waals surface area (Å²) in [5.41, 5.74) is 7.47. The lowest BCUT2D eigenvalue weighted by molar-refractivity contribution is -0.0122. The van der Waals surface area contributed by atoms with Crippen LogP contribution in [-0.2, 0) is 4.74 Å². The standard InChI is InChI=1S/C20H30N4O2/c1-20(2,3)26-19(25)24-12-18(13-24)23-10-14-8-22(9-15(14)11-23)17-6-4-16(21)5-7-17/h4-7,14-15,18H,8-13,21H2,1-3H3/t14-,15+. The van der Waals surface area contributed by atoms with E-state index >= 15 is 0 Å². The number of ether oxygens (including phenoxy) is 1. The van der Waals surface area contributed by atoms with Crippen LogP contribution < -0.4 is 10.6 Å². The van der Waals surface area contributed by atoms with E-state index in [1.54, 1.807) is 0 Å². The average molecular weight is 358 g/mol. The molecule has 3 fully saturated rings. The van der Waals surface area contributed by atoms with E-state index < -0.39 is 5.60 Å². The zero-order valence-corrected chi connectivity index (χ0v) is 16.0. The van der Waals surface area contributed by atoms with Gasteiger partial charge in [-0.05, 0) is 56.9 Å². The van der Waals surface area contributed by atoms with Crippen molar-refractivity contribution in [3.63, 3.8) is 0 Å². The van der Waals surface area contributed by atoms with Crippen molar-refractivity contribution in [2.45, 2.75) is 32.4 Å². The molecule has 0 unspecified atom stereocenters. The number of nitrogen functional groups attached to an aromatic ring is 1. The molecule has 0 radical (unpaired) electrons. The molecule has 1 aromatic rings. The van der Waals surface area contributed by atoms with Crippen LogP contribution in [0.4, 0.5) is 16.2 Å². The number of nitrogens with zero attached hydrogens (tertiary/aromatic N) is 3. The van der Waals surface area contributed by atoms with Crippen LogP contribution in [0.15, 0.2) is 24.3 Å². The van der Waals surface area contributed by atoms with Crippen LogP contribution in [0.5, 0.6) is 0 Å². The number of amides is 1. The molecule has 0 aliphatic carbocycles. The molecule has 6 heteroatoms. The second kappa shape index (κ2) is 6.34. The van der Waals surface area contributed by atoms with Crippen LogP contribution in [0.25, 0.3) is 0 Å². The molecule has 1 amide bonds. The van der Waals surface area contributed by atoms with Crippen molar-refractivity contribution in [1.29, 1.82) is 0 Å². The highest BCUT2D eigenvalue weighted by atomic mass is 16.6. The Morgan fingerprint density at radius 2 is 1.58 bits per heavy atom. The predicted molar refractivity (Wildman–Crippen MR) is 103 cm³/mol. The molecule has 6 nitrogen and oxygen atoms in total. The summed E-state index contributed by atoms with van der Waals surface area (Å²) in [6.45, 7) is 11.9. The first kappa shape index (κ1) is 17.5. The first-order valence-electron chi connectivity index (χ1n) is 9.61. The highest BCUT2D eigenvalue weighted by Crippen LogP contribution is 2.36. The maximum Gasteiger partial charge on any atom is 0.410 e. The van der Waals surface area contributed by atoms with E-state index in [0.29, 0.717) is 6.04 Å².